The van der Waals surface area contributed by atoms with Gasteiger partial charge in [-0.3, -0.25) is 0 Å². The van der Waals surface area contributed by atoms with Crippen molar-refractivity contribution in [2.75, 3.05) is 7.05 Å². The van der Waals surface area contributed by atoms with Crippen LogP contribution in [0.15, 0.2) is 35.7 Å². The fourth-order valence-electron chi connectivity index (χ4n) is 2.11. The number of hydrogen-bond donors (Lipinski definition) is 1. The fourth-order valence-corrected chi connectivity index (χ4v) is 4.52. The van der Waals surface area contributed by atoms with Crippen LogP contribution >= 0.6 is 34.3 Å². The second-order valence-electron chi connectivity index (χ2n) is 4.19. The van der Waals surface area contributed by atoms with E-state index in [1.54, 1.807) is 34.8 Å². The highest BCUT2D eigenvalue weighted by atomic mass is 35.5. The van der Waals surface area contributed by atoms with Gasteiger partial charge in [-0.2, -0.15) is 0 Å². The molecule has 1 nitrogen and oxygen atoms in total. The molecule has 98 valence electrons. The van der Waals surface area contributed by atoms with Gasteiger partial charge in [0.15, 0.2) is 0 Å². The molecule has 3 rings (SSSR count). The third-order valence-electron chi connectivity index (χ3n) is 3.01. The molecule has 0 saturated heterocycles. The number of nitrogens with one attached hydrogen (secondary N) is 1. The first-order chi connectivity index (χ1) is 9.19. The summed E-state index contributed by atoms with van der Waals surface area (Å²) >= 11 is 9.20. The summed E-state index contributed by atoms with van der Waals surface area (Å²) in [7, 11) is 1.84. The maximum absolute atomic E-state index is 14.0. The summed E-state index contributed by atoms with van der Waals surface area (Å²) in [6.07, 6.45) is 0. The first kappa shape index (κ1) is 13.1. The fraction of sp³-hybridized carbons (Fsp3) is 0.143. The average Bonchev–Trinajstić information content (AvgIpc) is 2.93. The number of rotatable bonds is 3. The average molecular weight is 312 g/mol. The van der Waals surface area contributed by atoms with Gasteiger partial charge >= 0.3 is 0 Å². The summed E-state index contributed by atoms with van der Waals surface area (Å²) in [5.41, 5.74) is 0.626. The van der Waals surface area contributed by atoms with Crippen LogP contribution in [0.5, 0.6) is 0 Å². The minimum absolute atomic E-state index is 0.137. The van der Waals surface area contributed by atoms with E-state index in [2.05, 4.69) is 22.8 Å². The van der Waals surface area contributed by atoms with Gasteiger partial charge in [0.1, 0.15) is 5.82 Å². The van der Waals surface area contributed by atoms with Crippen molar-refractivity contribution in [1.29, 1.82) is 0 Å². The van der Waals surface area contributed by atoms with Crippen LogP contribution in [-0.2, 0) is 0 Å². The largest absolute Gasteiger partial charge is 0.309 e. The second kappa shape index (κ2) is 5.21. The van der Waals surface area contributed by atoms with E-state index in [0.29, 0.717) is 10.6 Å². The third kappa shape index (κ3) is 2.41. The molecule has 1 aromatic carbocycles. The summed E-state index contributed by atoms with van der Waals surface area (Å²) in [4.78, 5) is 1.12. The quantitative estimate of drug-likeness (QED) is 0.712. The third-order valence-corrected chi connectivity index (χ3v) is 5.40. The van der Waals surface area contributed by atoms with E-state index < -0.39 is 0 Å². The van der Waals surface area contributed by atoms with Gasteiger partial charge in [-0.15, -0.1) is 22.7 Å². The Bertz CT molecular complexity index is 691. The Morgan fingerprint density at radius 1 is 1.21 bits per heavy atom. The Hall–Kier alpha value is -0.940. The minimum Gasteiger partial charge on any atom is -0.309 e. The summed E-state index contributed by atoms with van der Waals surface area (Å²) < 4.78 is 16.5. The molecule has 0 aliphatic heterocycles. The first-order valence-corrected chi connectivity index (χ1v) is 7.85. The SMILES string of the molecule is CNC(c1cc2sccc2s1)c1ccc(Cl)cc1F. The molecule has 1 N–H and O–H groups in total. The van der Waals surface area contributed by atoms with Gasteiger partial charge in [-0.1, -0.05) is 17.7 Å². The zero-order valence-electron chi connectivity index (χ0n) is 10.1. The Labute approximate surface area is 123 Å². The number of halogens is 2. The molecule has 1 unspecified atom stereocenters. The van der Waals surface area contributed by atoms with Crippen molar-refractivity contribution in [1.82, 2.24) is 5.32 Å². The van der Waals surface area contributed by atoms with E-state index in [1.165, 1.54) is 15.5 Å². The van der Waals surface area contributed by atoms with Crippen LogP contribution < -0.4 is 5.32 Å². The number of thiophene rings is 2. The van der Waals surface area contributed by atoms with Crippen molar-refractivity contribution in [2.24, 2.45) is 0 Å². The Balaban J connectivity index is 2.06. The van der Waals surface area contributed by atoms with Gasteiger partial charge in [0.2, 0.25) is 0 Å². The maximum atomic E-state index is 14.0. The van der Waals surface area contributed by atoms with Gasteiger partial charge in [-0.05, 0) is 36.7 Å². The molecule has 0 aliphatic carbocycles. The van der Waals surface area contributed by atoms with Crippen LogP contribution in [0.3, 0.4) is 0 Å². The van der Waals surface area contributed by atoms with E-state index in [1.807, 2.05) is 7.05 Å². The Kier molecular flexibility index (Phi) is 3.58. The number of hydrogen-bond acceptors (Lipinski definition) is 3. The molecule has 5 heteroatoms. The lowest BCUT2D eigenvalue weighted by molar-refractivity contribution is 0.579. The lowest BCUT2D eigenvalue weighted by Gasteiger charge is -2.15. The summed E-state index contributed by atoms with van der Waals surface area (Å²) in [5.74, 6) is -0.274. The predicted molar refractivity (Wildman–Crippen MR) is 82.0 cm³/mol. The smallest absolute Gasteiger partial charge is 0.129 e. The van der Waals surface area contributed by atoms with Crippen LogP contribution in [0.25, 0.3) is 9.40 Å². The summed E-state index contributed by atoms with van der Waals surface area (Å²) in [6.45, 7) is 0. The molecule has 0 spiro atoms. The lowest BCUT2D eigenvalue weighted by Crippen LogP contribution is -2.17. The molecular formula is C14H11ClFNS2. The molecule has 0 fully saturated rings. The molecule has 0 radical (unpaired) electrons. The number of benzene rings is 1. The van der Waals surface area contributed by atoms with E-state index in [4.69, 9.17) is 11.6 Å². The summed E-state index contributed by atoms with van der Waals surface area (Å²) in [5, 5.41) is 5.67. The van der Waals surface area contributed by atoms with Crippen molar-refractivity contribution < 1.29 is 4.39 Å². The standard InChI is InChI=1S/C14H11ClFNS2/c1-17-14(9-3-2-8(15)6-10(9)16)13-7-12-11(19-13)4-5-18-12/h2-7,14,17H,1H3. The maximum Gasteiger partial charge on any atom is 0.129 e. The second-order valence-corrected chi connectivity index (χ2v) is 6.68. The van der Waals surface area contributed by atoms with Crippen LogP contribution in [-0.4, -0.2) is 7.05 Å². The minimum atomic E-state index is -0.274. The van der Waals surface area contributed by atoms with Gasteiger partial charge < -0.3 is 5.32 Å². The highest BCUT2D eigenvalue weighted by Crippen LogP contribution is 2.36. The molecule has 0 saturated carbocycles. The summed E-state index contributed by atoms with van der Waals surface area (Å²) in [6, 6.07) is 8.91. The highest BCUT2D eigenvalue weighted by molar-refractivity contribution is 7.27. The van der Waals surface area contributed by atoms with Crippen LogP contribution in [0.4, 0.5) is 4.39 Å². The van der Waals surface area contributed by atoms with E-state index >= 15 is 0 Å². The van der Waals surface area contributed by atoms with E-state index in [-0.39, 0.29) is 11.9 Å². The van der Waals surface area contributed by atoms with E-state index in [0.717, 1.165) is 4.88 Å². The normalized spacial score (nSPS) is 13.0. The Morgan fingerprint density at radius 2 is 2.05 bits per heavy atom. The van der Waals surface area contributed by atoms with Crippen LogP contribution in [0, 0.1) is 5.82 Å². The molecule has 3 aromatic rings. The molecule has 2 heterocycles. The number of fused-ring (bicyclic) bond motifs is 1. The van der Waals surface area contributed by atoms with E-state index in [9.17, 15) is 4.39 Å². The topological polar surface area (TPSA) is 12.0 Å². The van der Waals surface area contributed by atoms with Crippen LogP contribution in [0.1, 0.15) is 16.5 Å². The zero-order valence-corrected chi connectivity index (χ0v) is 12.5. The zero-order chi connectivity index (χ0) is 13.4. The molecule has 0 amide bonds. The molecule has 1 atom stereocenters. The van der Waals surface area contributed by atoms with Crippen molar-refractivity contribution in [2.45, 2.75) is 6.04 Å². The van der Waals surface area contributed by atoms with Crippen molar-refractivity contribution in [3.63, 3.8) is 0 Å². The molecule has 2 aromatic heterocycles. The van der Waals surface area contributed by atoms with Crippen molar-refractivity contribution in [3.8, 4) is 0 Å². The van der Waals surface area contributed by atoms with Crippen molar-refractivity contribution >= 4 is 43.7 Å². The predicted octanol–water partition coefficient (Wildman–Crippen LogP) is 5.06. The lowest BCUT2D eigenvalue weighted by atomic mass is 10.1. The monoisotopic (exact) mass is 311 g/mol. The molecule has 19 heavy (non-hydrogen) atoms. The first-order valence-electron chi connectivity index (χ1n) is 5.78. The molecular weight excluding hydrogens is 301 g/mol. The van der Waals surface area contributed by atoms with Gasteiger partial charge in [-0.25, -0.2) is 4.39 Å². The van der Waals surface area contributed by atoms with Gasteiger partial charge in [0.05, 0.1) is 6.04 Å². The van der Waals surface area contributed by atoms with Gasteiger partial charge in [0.25, 0.3) is 0 Å². The molecule has 0 bridgehead atoms. The highest BCUT2D eigenvalue weighted by Gasteiger charge is 2.19. The Morgan fingerprint density at radius 3 is 2.74 bits per heavy atom. The van der Waals surface area contributed by atoms with Crippen molar-refractivity contribution in [3.05, 3.63) is 57.0 Å². The van der Waals surface area contributed by atoms with Crippen LogP contribution in [0.2, 0.25) is 5.02 Å². The van der Waals surface area contributed by atoms with Gasteiger partial charge in [0, 0.05) is 24.9 Å². The molecule has 0 aliphatic rings.